The molecule has 0 aliphatic rings. The summed E-state index contributed by atoms with van der Waals surface area (Å²) in [4.78, 5) is 0. The minimum atomic E-state index is -0.197. The number of benzene rings is 2. The van der Waals surface area contributed by atoms with Crippen LogP contribution in [0.15, 0.2) is 54.6 Å². The first-order chi connectivity index (χ1) is 7.60. The topological polar surface area (TPSA) is 0 Å². The fourth-order valence-electron chi connectivity index (χ4n) is 1.76. The lowest BCUT2D eigenvalue weighted by molar-refractivity contribution is 0.552. The number of halogens is 1. The SMILES string of the molecule is C[N+](C)(c1ccccc1)c1ccc(F)cc1. The van der Waals surface area contributed by atoms with Crippen molar-refractivity contribution in [3.05, 3.63) is 60.4 Å². The summed E-state index contributed by atoms with van der Waals surface area (Å²) in [5.41, 5.74) is 2.24. The Labute approximate surface area is 95.4 Å². The van der Waals surface area contributed by atoms with Crippen molar-refractivity contribution < 1.29 is 4.39 Å². The Morgan fingerprint density at radius 2 is 1.25 bits per heavy atom. The van der Waals surface area contributed by atoms with Crippen LogP contribution >= 0.6 is 0 Å². The molecular formula is C14H15FN+. The first kappa shape index (κ1) is 10.8. The standard InChI is InChI=1S/C14H15FN/c1-16(2,13-6-4-3-5-7-13)14-10-8-12(15)9-11-14/h3-11H,1-2H3/q+1. The lowest BCUT2D eigenvalue weighted by Gasteiger charge is -2.28. The van der Waals surface area contributed by atoms with Gasteiger partial charge in [-0.25, -0.2) is 4.39 Å². The molecule has 0 amide bonds. The Kier molecular flexibility index (Phi) is 2.75. The molecule has 2 heteroatoms. The van der Waals surface area contributed by atoms with E-state index in [9.17, 15) is 4.39 Å². The first-order valence-corrected chi connectivity index (χ1v) is 5.26. The molecule has 0 aliphatic carbocycles. The summed E-state index contributed by atoms with van der Waals surface area (Å²) in [6.07, 6.45) is 0. The maximum atomic E-state index is 12.9. The van der Waals surface area contributed by atoms with Crippen LogP contribution in [0.1, 0.15) is 0 Å². The van der Waals surface area contributed by atoms with E-state index < -0.39 is 0 Å². The highest BCUT2D eigenvalue weighted by atomic mass is 19.1. The highest BCUT2D eigenvalue weighted by molar-refractivity contribution is 5.56. The molecule has 2 aromatic carbocycles. The van der Waals surface area contributed by atoms with Gasteiger partial charge in [0.05, 0.1) is 14.1 Å². The van der Waals surface area contributed by atoms with Gasteiger partial charge in [0.2, 0.25) is 0 Å². The average Bonchev–Trinajstić information content (AvgIpc) is 2.31. The third-order valence-electron chi connectivity index (χ3n) is 2.87. The smallest absolute Gasteiger partial charge is 0.137 e. The fraction of sp³-hybridized carbons (Fsp3) is 0.143. The number of quaternary nitrogens is 1. The van der Waals surface area contributed by atoms with Gasteiger partial charge in [0.1, 0.15) is 17.2 Å². The van der Waals surface area contributed by atoms with Crippen molar-refractivity contribution in [1.82, 2.24) is 4.48 Å². The molecule has 0 saturated heterocycles. The zero-order valence-corrected chi connectivity index (χ0v) is 9.52. The van der Waals surface area contributed by atoms with E-state index in [0.29, 0.717) is 4.48 Å². The number of hydrogen-bond acceptors (Lipinski definition) is 0. The maximum absolute atomic E-state index is 12.9. The monoisotopic (exact) mass is 216 g/mol. The number of hydrogen-bond donors (Lipinski definition) is 0. The van der Waals surface area contributed by atoms with E-state index in [4.69, 9.17) is 0 Å². The number of para-hydroxylation sites is 1. The van der Waals surface area contributed by atoms with Gasteiger partial charge in [-0.2, -0.15) is 0 Å². The summed E-state index contributed by atoms with van der Waals surface area (Å²) >= 11 is 0. The Morgan fingerprint density at radius 1 is 0.750 bits per heavy atom. The molecule has 0 heterocycles. The van der Waals surface area contributed by atoms with E-state index in [-0.39, 0.29) is 5.82 Å². The third-order valence-corrected chi connectivity index (χ3v) is 2.87. The van der Waals surface area contributed by atoms with Crippen LogP contribution in [0.2, 0.25) is 0 Å². The fourth-order valence-corrected chi connectivity index (χ4v) is 1.76. The van der Waals surface area contributed by atoms with E-state index in [1.165, 1.54) is 17.8 Å². The van der Waals surface area contributed by atoms with E-state index in [1.807, 2.05) is 30.3 Å². The van der Waals surface area contributed by atoms with Gasteiger partial charge in [0, 0.05) is 12.1 Å². The zero-order valence-electron chi connectivity index (χ0n) is 9.52. The van der Waals surface area contributed by atoms with Gasteiger partial charge in [-0.3, -0.25) is 4.48 Å². The van der Waals surface area contributed by atoms with Crippen LogP contribution in [0.4, 0.5) is 15.8 Å². The molecule has 82 valence electrons. The van der Waals surface area contributed by atoms with Crippen LogP contribution in [0, 0.1) is 5.82 Å². The molecular weight excluding hydrogens is 201 g/mol. The van der Waals surface area contributed by atoms with Crippen molar-refractivity contribution in [3.8, 4) is 0 Å². The minimum Gasteiger partial charge on any atom is -0.264 e. The summed E-state index contributed by atoms with van der Waals surface area (Å²) < 4.78 is 13.5. The Bertz CT molecular complexity index is 460. The second-order valence-electron chi connectivity index (χ2n) is 4.27. The van der Waals surface area contributed by atoms with E-state index >= 15 is 0 Å². The number of rotatable bonds is 2. The Balaban J connectivity index is 2.43. The van der Waals surface area contributed by atoms with Gasteiger partial charge in [-0.05, 0) is 24.3 Å². The first-order valence-electron chi connectivity index (χ1n) is 5.26. The molecule has 2 rings (SSSR count). The van der Waals surface area contributed by atoms with Crippen molar-refractivity contribution in [2.45, 2.75) is 0 Å². The van der Waals surface area contributed by atoms with Gasteiger partial charge < -0.3 is 0 Å². The molecule has 0 N–H and O–H groups in total. The van der Waals surface area contributed by atoms with Crippen LogP contribution in [0.5, 0.6) is 0 Å². The Hall–Kier alpha value is -1.67. The highest BCUT2D eigenvalue weighted by Crippen LogP contribution is 2.29. The summed E-state index contributed by atoms with van der Waals surface area (Å²) in [7, 11) is 4.17. The molecule has 2 aromatic rings. The molecule has 1 nitrogen and oxygen atoms in total. The Morgan fingerprint density at radius 3 is 1.81 bits per heavy atom. The van der Waals surface area contributed by atoms with Crippen molar-refractivity contribution >= 4 is 11.4 Å². The molecule has 0 radical (unpaired) electrons. The van der Waals surface area contributed by atoms with Crippen LogP contribution < -0.4 is 4.48 Å². The van der Waals surface area contributed by atoms with Crippen molar-refractivity contribution in [3.63, 3.8) is 0 Å². The zero-order chi connectivity index (χ0) is 11.6. The third kappa shape index (κ3) is 1.97. The summed E-state index contributed by atoms with van der Waals surface area (Å²) in [5.74, 6) is -0.197. The van der Waals surface area contributed by atoms with Crippen LogP contribution in [0.3, 0.4) is 0 Å². The lowest BCUT2D eigenvalue weighted by Crippen LogP contribution is -2.34. The van der Waals surface area contributed by atoms with Gasteiger partial charge >= 0.3 is 0 Å². The normalized spacial score (nSPS) is 11.4. The van der Waals surface area contributed by atoms with E-state index in [0.717, 1.165) is 5.69 Å². The van der Waals surface area contributed by atoms with Crippen molar-refractivity contribution in [1.29, 1.82) is 0 Å². The second-order valence-corrected chi connectivity index (χ2v) is 4.27. The van der Waals surface area contributed by atoms with Gasteiger partial charge in [0.15, 0.2) is 0 Å². The second kappa shape index (κ2) is 4.06. The molecule has 16 heavy (non-hydrogen) atoms. The van der Waals surface area contributed by atoms with E-state index in [1.54, 1.807) is 0 Å². The van der Waals surface area contributed by atoms with Gasteiger partial charge in [-0.15, -0.1) is 0 Å². The quantitative estimate of drug-likeness (QED) is 0.671. The molecule has 0 spiro atoms. The maximum Gasteiger partial charge on any atom is 0.137 e. The molecule has 0 saturated carbocycles. The molecule has 0 fully saturated rings. The molecule has 0 bridgehead atoms. The summed E-state index contributed by atoms with van der Waals surface area (Å²) in [6, 6.07) is 16.8. The lowest BCUT2D eigenvalue weighted by atomic mass is 10.2. The van der Waals surface area contributed by atoms with Crippen molar-refractivity contribution in [2.24, 2.45) is 0 Å². The minimum absolute atomic E-state index is 0.197. The van der Waals surface area contributed by atoms with E-state index in [2.05, 4.69) is 26.2 Å². The largest absolute Gasteiger partial charge is 0.264 e. The highest BCUT2D eigenvalue weighted by Gasteiger charge is 2.21. The molecule has 0 aromatic heterocycles. The summed E-state index contributed by atoms with van der Waals surface area (Å²) in [6.45, 7) is 0. The molecule has 0 aliphatic heterocycles. The molecule has 0 atom stereocenters. The van der Waals surface area contributed by atoms with Crippen molar-refractivity contribution in [2.75, 3.05) is 14.1 Å². The van der Waals surface area contributed by atoms with Crippen LogP contribution in [0.25, 0.3) is 0 Å². The predicted octanol–water partition coefficient (Wildman–Crippen LogP) is 3.72. The molecule has 0 unspecified atom stereocenters. The predicted molar refractivity (Wildman–Crippen MR) is 66.1 cm³/mol. The average molecular weight is 216 g/mol. The summed E-state index contributed by atoms with van der Waals surface area (Å²) in [5, 5.41) is 0. The van der Waals surface area contributed by atoms with Gasteiger partial charge in [0.25, 0.3) is 0 Å². The van der Waals surface area contributed by atoms with Crippen LogP contribution in [-0.4, -0.2) is 14.1 Å². The number of nitrogens with zero attached hydrogens (tertiary/aromatic N) is 1. The van der Waals surface area contributed by atoms with Crippen LogP contribution in [-0.2, 0) is 0 Å². The van der Waals surface area contributed by atoms with Gasteiger partial charge in [-0.1, -0.05) is 18.2 Å².